The van der Waals surface area contributed by atoms with Gasteiger partial charge in [-0.1, -0.05) is 97.1 Å². The first-order valence-corrected chi connectivity index (χ1v) is 13.2. The van der Waals surface area contributed by atoms with Crippen LogP contribution in [0.5, 0.6) is 0 Å². The Kier molecular flexibility index (Phi) is 5.11. The van der Waals surface area contributed by atoms with E-state index < -0.39 is 0 Å². The van der Waals surface area contributed by atoms with Crippen molar-refractivity contribution in [2.45, 2.75) is 0 Å². The minimum absolute atomic E-state index is 0. The molecule has 5 heterocycles. The average molecular weight is 577 g/mol. The number of anilines is 8. The van der Waals surface area contributed by atoms with E-state index in [-0.39, 0.29) is 16.5 Å². The van der Waals surface area contributed by atoms with Crippen molar-refractivity contribution in [3.8, 4) is 0 Å². The van der Waals surface area contributed by atoms with Gasteiger partial charge in [0, 0.05) is 44.8 Å². The molecule has 9 heteroatoms. The molecule has 0 saturated carbocycles. The van der Waals surface area contributed by atoms with Gasteiger partial charge in [0.1, 0.15) is 0 Å². The van der Waals surface area contributed by atoms with Crippen LogP contribution in [0, 0.1) is 0 Å². The molecule has 9 rings (SSSR count). The van der Waals surface area contributed by atoms with Crippen LogP contribution in [0.15, 0.2) is 97.1 Å². The Hall–Kier alpha value is -5.27. The molecule has 8 nitrogen and oxygen atoms in total. The normalized spacial score (nSPS) is 12.5. The summed E-state index contributed by atoms with van der Waals surface area (Å²) in [4.78, 5) is 17.2. The van der Waals surface area contributed by atoms with Crippen molar-refractivity contribution >= 4 is 89.6 Å². The first kappa shape index (κ1) is 23.6. The SMILES string of the molecule is [Ni+2].c1ccc2c3[n-]c(c2c1)Nc1[nH]c(c2ccccc12)Nc1[n-]c(c2ccccc12)Nc1[nH]c(c2ccccc12)N3. The molecule has 1 aliphatic rings. The van der Waals surface area contributed by atoms with E-state index >= 15 is 0 Å². The van der Waals surface area contributed by atoms with Crippen LogP contribution >= 0.6 is 0 Å². The van der Waals surface area contributed by atoms with Crippen molar-refractivity contribution in [2.75, 3.05) is 21.3 Å². The fraction of sp³-hybridized carbons (Fsp3) is 0. The summed E-state index contributed by atoms with van der Waals surface area (Å²) in [5, 5.41) is 22.8. The molecule has 0 atom stereocenters. The molecule has 200 valence electrons. The number of aromatic amines is 2. The molecule has 0 fully saturated rings. The fourth-order valence-corrected chi connectivity index (χ4v) is 5.86. The van der Waals surface area contributed by atoms with Gasteiger partial charge in [-0.3, -0.25) is 0 Å². The van der Waals surface area contributed by atoms with Gasteiger partial charge in [-0.15, -0.1) is 0 Å². The predicted octanol–water partition coefficient (Wildman–Crippen LogP) is 8.16. The molecular formula is C32H22N8Ni. The standard InChI is InChI=1S/C32H22N8.Ni/c1-2-10-18-17(9-1)25-33-26(18)38-28-21-13-5-6-14-22(21)30(35-28)40-32-24-16-8-7-15-23(24)31(36-32)39-29-20-12-4-3-11-19(20)27(34-29)37-25;/h1-16,33,36-40H;/q-2;+2. The zero-order chi connectivity index (χ0) is 26.2. The number of nitrogens with zero attached hydrogens (tertiary/aromatic N) is 2. The molecule has 0 amide bonds. The predicted molar refractivity (Wildman–Crippen MR) is 164 cm³/mol. The van der Waals surface area contributed by atoms with Crippen molar-refractivity contribution in [3.63, 3.8) is 0 Å². The second-order valence-corrected chi connectivity index (χ2v) is 10.1. The molecule has 4 aromatic carbocycles. The average Bonchev–Trinajstić information content (AvgIpc) is 3.73. The third-order valence-corrected chi connectivity index (χ3v) is 7.73. The van der Waals surface area contributed by atoms with Crippen LogP contribution in [-0.2, 0) is 16.5 Å². The second-order valence-electron chi connectivity index (χ2n) is 10.1. The van der Waals surface area contributed by atoms with Gasteiger partial charge >= 0.3 is 16.5 Å². The maximum atomic E-state index is 5.04. The molecule has 0 spiro atoms. The van der Waals surface area contributed by atoms with Crippen molar-refractivity contribution < 1.29 is 16.5 Å². The van der Waals surface area contributed by atoms with Gasteiger partial charge in [0.2, 0.25) is 0 Å². The van der Waals surface area contributed by atoms with Crippen molar-refractivity contribution in [3.05, 3.63) is 97.1 Å². The fourth-order valence-electron chi connectivity index (χ4n) is 5.86. The number of rotatable bonds is 0. The van der Waals surface area contributed by atoms with Gasteiger partial charge in [-0.25, -0.2) is 0 Å². The van der Waals surface area contributed by atoms with E-state index in [1.807, 2.05) is 48.5 Å². The van der Waals surface area contributed by atoms with Crippen LogP contribution in [0.25, 0.3) is 43.1 Å². The van der Waals surface area contributed by atoms with E-state index in [0.717, 1.165) is 89.6 Å². The largest absolute Gasteiger partial charge is 2.00 e. The molecule has 1 aliphatic heterocycles. The minimum atomic E-state index is 0. The summed E-state index contributed by atoms with van der Waals surface area (Å²) in [6, 6.07) is 33.1. The maximum Gasteiger partial charge on any atom is 2.00 e. The summed E-state index contributed by atoms with van der Waals surface area (Å²) in [5.74, 6) is 6.55. The number of aromatic nitrogens is 4. The van der Waals surface area contributed by atoms with Crippen molar-refractivity contribution in [1.82, 2.24) is 19.9 Å². The quantitative estimate of drug-likeness (QED) is 0.102. The molecule has 6 N–H and O–H groups in total. The van der Waals surface area contributed by atoms with Crippen LogP contribution < -0.4 is 31.2 Å². The topological polar surface area (TPSA) is 108 Å². The van der Waals surface area contributed by atoms with E-state index in [1.54, 1.807) is 0 Å². The van der Waals surface area contributed by atoms with E-state index in [9.17, 15) is 0 Å². The molecule has 4 aromatic heterocycles. The molecule has 0 saturated heterocycles. The minimum Gasteiger partial charge on any atom is -0.400 e. The zero-order valence-electron chi connectivity index (χ0n) is 21.4. The van der Waals surface area contributed by atoms with E-state index in [1.165, 1.54) is 0 Å². The second kappa shape index (κ2) is 8.88. The Labute approximate surface area is 243 Å². The monoisotopic (exact) mass is 576 g/mol. The van der Waals surface area contributed by atoms with Gasteiger partial charge in [0.05, 0.1) is 23.3 Å². The molecule has 0 radical (unpaired) electrons. The van der Waals surface area contributed by atoms with E-state index in [2.05, 4.69) is 79.8 Å². The Morgan fingerprint density at radius 2 is 0.537 bits per heavy atom. The van der Waals surface area contributed by atoms with Gasteiger partial charge < -0.3 is 41.2 Å². The maximum absolute atomic E-state index is 5.04. The van der Waals surface area contributed by atoms with Gasteiger partial charge in [-0.2, -0.15) is 0 Å². The number of benzene rings is 4. The Morgan fingerprint density at radius 1 is 0.317 bits per heavy atom. The van der Waals surface area contributed by atoms with E-state index in [4.69, 9.17) is 9.97 Å². The number of fused-ring (bicyclic) bond motifs is 20. The van der Waals surface area contributed by atoms with Gasteiger partial charge in [0.25, 0.3) is 0 Å². The van der Waals surface area contributed by atoms with Crippen molar-refractivity contribution in [1.29, 1.82) is 0 Å². The van der Waals surface area contributed by atoms with Crippen LogP contribution in [0.4, 0.5) is 46.5 Å². The van der Waals surface area contributed by atoms with Crippen LogP contribution in [0.2, 0.25) is 0 Å². The summed E-state index contributed by atoms with van der Waals surface area (Å²) >= 11 is 0. The molecule has 0 unspecified atom stereocenters. The number of hydrogen-bond acceptors (Lipinski definition) is 4. The summed E-state index contributed by atoms with van der Waals surface area (Å²) in [5.41, 5.74) is 0. The Bertz CT molecular complexity index is 1780. The summed E-state index contributed by atoms with van der Waals surface area (Å²) in [7, 11) is 0. The summed E-state index contributed by atoms with van der Waals surface area (Å²) < 4.78 is 0. The Balaban J connectivity index is 0.00000256. The first-order chi connectivity index (χ1) is 19.8. The molecule has 8 aromatic rings. The Morgan fingerprint density at radius 3 is 0.780 bits per heavy atom. The molecular weight excluding hydrogens is 555 g/mol. The van der Waals surface area contributed by atoms with Crippen LogP contribution in [-0.4, -0.2) is 9.97 Å². The van der Waals surface area contributed by atoms with Gasteiger partial charge in [-0.05, 0) is 21.5 Å². The van der Waals surface area contributed by atoms with Crippen molar-refractivity contribution in [2.24, 2.45) is 0 Å². The number of nitrogens with one attached hydrogen (secondary N) is 6. The molecule has 41 heavy (non-hydrogen) atoms. The summed E-state index contributed by atoms with van der Waals surface area (Å²) in [6.45, 7) is 0. The van der Waals surface area contributed by atoms with Crippen LogP contribution in [0.3, 0.4) is 0 Å². The summed E-state index contributed by atoms with van der Waals surface area (Å²) in [6.07, 6.45) is 0. The zero-order valence-corrected chi connectivity index (χ0v) is 22.4. The molecule has 8 bridgehead atoms. The van der Waals surface area contributed by atoms with Gasteiger partial charge in [0.15, 0.2) is 0 Å². The smallest absolute Gasteiger partial charge is 0.400 e. The number of hydrogen-bond donors (Lipinski definition) is 6. The van der Waals surface area contributed by atoms with E-state index in [0.29, 0.717) is 0 Å². The number of H-pyrrole nitrogens is 2. The third kappa shape index (κ3) is 3.53. The van der Waals surface area contributed by atoms with Crippen LogP contribution in [0.1, 0.15) is 0 Å². The first-order valence-electron chi connectivity index (χ1n) is 13.2. The third-order valence-electron chi connectivity index (χ3n) is 7.73. The molecule has 0 aliphatic carbocycles.